The van der Waals surface area contributed by atoms with Gasteiger partial charge < -0.3 is 5.11 Å². The third-order valence-corrected chi connectivity index (χ3v) is 5.36. The lowest BCUT2D eigenvalue weighted by Crippen LogP contribution is -2.51. The summed E-state index contributed by atoms with van der Waals surface area (Å²) < 4.78 is 0. The summed E-state index contributed by atoms with van der Waals surface area (Å²) in [5.41, 5.74) is 2.60. The number of ketones is 1. The topological polar surface area (TPSA) is 125 Å². The van der Waals surface area contributed by atoms with Gasteiger partial charge in [-0.05, 0) is 23.8 Å². The number of barbiturate groups is 1. The molecule has 0 radical (unpaired) electrons. The maximum atomic E-state index is 12.8. The molecule has 3 N–H and O–H groups in total. The van der Waals surface area contributed by atoms with Gasteiger partial charge in [-0.2, -0.15) is 0 Å². The van der Waals surface area contributed by atoms with Crippen molar-refractivity contribution in [1.29, 1.82) is 0 Å². The van der Waals surface area contributed by atoms with Gasteiger partial charge in [-0.25, -0.2) is 9.78 Å². The van der Waals surface area contributed by atoms with E-state index in [0.717, 1.165) is 10.9 Å². The van der Waals surface area contributed by atoms with Gasteiger partial charge in [0.1, 0.15) is 11.3 Å². The number of rotatable bonds is 3. The van der Waals surface area contributed by atoms with Crippen molar-refractivity contribution in [2.45, 2.75) is 0 Å². The van der Waals surface area contributed by atoms with Crippen LogP contribution in [0.2, 0.25) is 0 Å². The number of pyridine rings is 1. The van der Waals surface area contributed by atoms with Gasteiger partial charge in [0.25, 0.3) is 11.8 Å². The van der Waals surface area contributed by atoms with Crippen LogP contribution in [0.25, 0.3) is 28.3 Å². The Morgan fingerprint density at radius 3 is 2.27 bits per heavy atom. The van der Waals surface area contributed by atoms with Crippen molar-refractivity contribution >= 4 is 51.9 Å². The standard InChI is InChI=1S/C25H15N3O5/c29-21-15-5-1-2-6-16(15)22(30)20(21)18-11-10-14-9-8-13(12-19(14)26-18)4-3-7-17-23(31)27-25(33)28-24(17)32/h1-12,29H,(H2,27,28,31,32,33)/b4-3+. The lowest BCUT2D eigenvalue weighted by molar-refractivity contribution is -0.124. The minimum Gasteiger partial charge on any atom is -0.506 e. The van der Waals surface area contributed by atoms with Crippen molar-refractivity contribution in [3.63, 3.8) is 0 Å². The fourth-order valence-electron chi connectivity index (χ4n) is 3.76. The Balaban J connectivity index is 1.47. The first kappa shape index (κ1) is 20.1. The second-order valence-corrected chi connectivity index (χ2v) is 7.42. The Labute approximate surface area is 186 Å². The number of nitrogens with one attached hydrogen (secondary N) is 2. The smallest absolute Gasteiger partial charge is 0.328 e. The van der Waals surface area contributed by atoms with Crippen molar-refractivity contribution < 1.29 is 24.3 Å². The molecule has 5 rings (SSSR count). The third-order valence-electron chi connectivity index (χ3n) is 5.36. The number of nitrogens with zero attached hydrogens (tertiary/aromatic N) is 1. The molecule has 33 heavy (non-hydrogen) atoms. The highest BCUT2D eigenvalue weighted by molar-refractivity contribution is 6.38. The van der Waals surface area contributed by atoms with Crippen molar-refractivity contribution in [2.24, 2.45) is 0 Å². The number of allylic oxidation sites excluding steroid dienone is 3. The molecule has 4 amide bonds. The van der Waals surface area contributed by atoms with Crippen LogP contribution in [-0.2, 0) is 9.59 Å². The molecule has 0 spiro atoms. The van der Waals surface area contributed by atoms with Crippen molar-refractivity contribution in [3.8, 4) is 0 Å². The quantitative estimate of drug-likeness (QED) is 0.427. The zero-order chi connectivity index (χ0) is 23.1. The second-order valence-electron chi connectivity index (χ2n) is 7.42. The summed E-state index contributed by atoms with van der Waals surface area (Å²) in [7, 11) is 0. The Kier molecular flexibility index (Phi) is 4.68. The molecule has 0 bridgehead atoms. The molecule has 1 fully saturated rings. The maximum absolute atomic E-state index is 12.8. The van der Waals surface area contributed by atoms with Crippen LogP contribution in [-0.4, -0.2) is 33.7 Å². The number of carbonyl (C=O) groups is 4. The summed E-state index contributed by atoms with van der Waals surface area (Å²) in [6.45, 7) is 0. The highest BCUT2D eigenvalue weighted by Crippen LogP contribution is 2.36. The number of aliphatic hydroxyl groups excluding tert-OH is 1. The first-order valence-corrected chi connectivity index (χ1v) is 9.96. The number of hydrogen-bond acceptors (Lipinski definition) is 6. The molecule has 2 aromatic carbocycles. The monoisotopic (exact) mass is 437 g/mol. The summed E-state index contributed by atoms with van der Waals surface area (Å²) in [6.07, 6.45) is 4.49. The average molecular weight is 437 g/mol. The molecular weight excluding hydrogens is 422 g/mol. The van der Waals surface area contributed by atoms with E-state index in [4.69, 9.17) is 0 Å². The number of aliphatic hydroxyl groups is 1. The second kappa shape index (κ2) is 7.69. The third kappa shape index (κ3) is 3.49. The zero-order valence-corrected chi connectivity index (χ0v) is 17.0. The zero-order valence-electron chi connectivity index (χ0n) is 17.0. The van der Waals surface area contributed by atoms with Gasteiger partial charge in [0, 0.05) is 16.5 Å². The number of benzene rings is 2. The van der Waals surface area contributed by atoms with Gasteiger partial charge in [-0.1, -0.05) is 54.6 Å². The highest BCUT2D eigenvalue weighted by Gasteiger charge is 2.31. The van der Waals surface area contributed by atoms with E-state index < -0.39 is 17.8 Å². The first-order valence-electron chi connectivity index (χ1n) is 9.96. The molecule has 0 atom stereocenters. The van der Waals surface area contributed by atoms with Crippen LogP contribution in [0.15, 0.2) is 72.3 Å². The Bertz CT molecular complexity index is 1470. The molecule has 2 heterocycles. The SMILES string of the molecule is O=C1NC(=O)C(=C/C=C/c2ccc3ccc(C4=C(O)c5ccccc5C4=O)nc3c2)C(=O)N1. The summed E-state index contributed by atoms with van der Waals surface area (Å²) in [4.78, 5) is 52.1. The number of carbonyl (C=O) groups excluding carboxylic acids is 4. The van der Waals surface area contributed by atoms with Crippen LogP contribution >= 0.6 is 0 Å². The number of urea groups is 1. The van der Waals surface area contributed by atoms with Crippen LogP contribution in [0.3, 0.4) is 0 Å². The predicted octanol–water partition coefficient (Wildman–Crippen LogP) is 3.16. The Morgan fingerprint density at radius 2 is 1.55 bits per heavy atom. The lowest BCUT2D eigenvalue weighted by atomic mass is 10.0. The van der Waals surface area contributed by atoms with Crippen LogP contribution < -0.4 is 10.6 Å². The van der Waals surface area contributed by atoms with E-state index in [1.54, 1.807) is 42.5 Å². The molecule has 8 nitrogen and oxygen atoms in total. The molecule has 1 aliphatic carbocycles. The van der Waals surface area contributed by atoms with Gasteiger partial charge in [-0.3, -0.25) is 25.0 Å². The van der Waals surface area contributed by atoms with Crippen molar-refractivity contribution in [1.82, 2.24) is 15.6 Å². The predicted molar refractivity (Wildman–Crippen MR) is 121 cm³/mol. The highest BCUT2D eigenvalue weighted by atomic mass is 16.3. The van der Waals surface area contributed by atoms with Crippen molar-refractivity contribution in [3.05, 3.63) is 94.7 Å². The lowest BCUT2D eigenvalue weighted by Gasteiger charge is -2.12. The summed E-state index contributed by atoms with van der Waals surface area (Å²) in [5.74, 6) is -1.91. The Hall–Kier alpha value is -4.85. The summed E-state index contributed by atoms with van der Waals surface area (Å²) in [5, 5.41) is 15.5. The number of amides is 4. The molecule has 0 unspecified atom stereocenters. The van der Waals surface area contributed by atoms with Crippen LogP contribution in [0.1, 0.15) is 27.2 Å². The van der Waals surface area contributed by atoms with E-state index in [0.29, 0.717) is 22.3 Å². The largest absolute Gasteiger partial charge is 0.506 e. The molecule has 1 aliphatic heterocycles. The van der Waals surface area contributed by atoms with E-state index in [1.807, 2.05) is 28.8 Å². The molecule has 0 saturated carbocycles. The molecular formula is C25H15N3O5. The normalized spacial score (nSPS) is 15.8. The minimum absolute atomic E-state index is 0.0901. The molecule has 8 heteroatoms. The van der Waals surface area contributed by atoms with Crippen LogP contribution in [0.5, 0.6) is 0 Å². The van der Waals surface area contributed by atoms with E-state index >= 15 is 0 Å². The maximum Gasteiger partial charge on any atom is 0.328 e. The van der Waals surface area contributed by atoms with E-state index in [1.165, 1.54) is 12.2 Å². The molecule has 1 saturated heterocycles. The number of hydrogen-bond donors (Lipinski definition) is 3. The molecule has 2 aliphatic rings. The van der Waals surface area contributed by atoms with Crippen molar-refractivity contribution in [2.75, 3.05) is 0 Å². The van der Waals surface area contributed by atoms with Gasteiger partial charge in [-0.15, -0.1) is 0 Å². The number of imide groups is 2. The van der Waals surface area contributed by atoms with Crippen LogP contribution in [0.4, 0.5) is 4.79 Å². The summed E-state index contributed by atoms with van der Waals surface area (Å²) in [6, 6.07) is 15.0. The molecule has 3 aromatic rings. The van der Waals surface area contributed by atoms with E-state index in [-0.39, 0.29) is 22.7 Å². The van der Waals surface area contributed by atoms with E-state index in [2.05, 4.69) is 4.98 Å². The molecule has 1 aromatic heterocycles. The Morgan fingerprint density at radius 1 is 0.848 bits per heavy atom. The number of fused-ring (bicyclic) bond motifs is 2. The number of aromatic nitrogens is 1. The molecule has 160 valence electrons. The fraction of sp³-hybridized carbons (Fsp3) is 0. The first-order chi connectivity index (χ1) is 15.9. The van der Waals surface area contributed by atoms with Gasteiger partial charge in [0.15, 0.2) is 5.78 Å². The van der Waals surface area contributed by atoms with Gasteiger partial charge >= 0.3 is 6.03 Å². The van der Waals surface area contributed by atoms with Gasteiger partial charge in [0.05, 0.1) is 16.8 Å². The minimum atomic E-state index is -0.854. The van der Waals surface area contributed by atoms with Gasteiger partial charge in [0.2, 0.25) is 0 Å². The fourth-order valence-corrected chi connectivity index (χ4v) is 3.76. The average Bonchev–Trinajstić information content (AvgIpc) is 3.05. The van der Waals surface area contributed by atoms with E-state index in [9.17, 15) is 24.3 Å². The summed E-state index contributed by atoms with van der Waals surface area (Å²) >= 11 is 0. The number of Topliss-reactive ketones (excluding diaryl/α,β-unsaturated/α-hetero) is 1. The van der Waals surface area contributed by atoms with Crippen LogP contribution in [0, 0.1) is 0 Å².